The van der Waals surface area contributed by atoms with Crippen molar-refractivity contribution in [3.63, 3.8) is 0 Å². The summed E-state index contributed by atoms with van der Waals surface area (Å²) in [6.07, 6.45) is 4.57. The van der Waals surface area contributed by atoms with E-state index in [1.54, 1.807) is 12.1 Å². The van der Waals surface area contributed by atoms with Gasteiger partial charge in [0, 0.05) is 6.42 Å². The molecular formula is C17H22F2O4. The molecule has 1 aromatic rings. The summed E-state index contributed by atoms with van der Waals surface area (Å²) in [6.45, 7) is 0. The van der Waals surface area contributed by atoms with E-state index in [4.69, 9.17) is 5.11 Å². The minimum absolute atomic E-state index is 0.0834. The fourth-order valence-corrected chi connectivity index (χ4v) is 2.64. The van der Waals surface area contributed by atoms with Crippen molar-refractivity contribution in [1.82, 2.24) is 0 Å². The quantitative estimate of drug-likeness (QED) is 0.629. The molecule has 128 valence electrons. The normalized spacial score (nSPS) is 14.9. The number of alkyl halides is 2. The lowest BCUT2D eigenvalue weighted by molar-refractivity contribution is -0.286. The highest BCUT2D eigenvalue weighted by Crippen LogP contribution is 2.41. The van der Waals surface area contributed by atoms with Crippen LogP contribution in [0.3, 0.4) is 0 Å². The van der Waals surface area contributed by atoms with Crippen LogP contribution in [-0.4, -0.2) is 17.4 Å². The van der Waals surface area contributed by atoms with Gasteiger partial charge in [0.05, 0.1) is 0 Å². The fourth-order valence-electron chi connectivity index (χ4n) is 2.64. The van der Waals surface area contributed by atoms with Crippen molar-refractivity contribution in [2.24, 2.45) is 0 Å². The molecule has 0 saturated heterocycles. The van der Waals surface area contributed by atoms with Gasteiger partial charge in [0.25, 0.3) is 0 Å². The minimum Gasteiger partial charge on any atom is -0.481 e. The van der Waals surface area contributed by atoms with Gasteiger partial charge in [0.1, 0.15) is 0 Å². The standard InChI is InChI=1S/C17H22F2O4/c18-17(19)22-14-11-10-13(12-15(14)23-17)8-6-4-2-1-3-5-7-9-16(20)21/h10-12H,1-9H2,(H,20,21). The molecule has 2 rings (SSSR count). The van der Waals surface area contributed by atoms with Crippen molar-refractivity contribution < 1.29 is 28.2 Å². The molecule has 0 amide bonds. The van der Waals surface area contributed by atoms with Crippen LogP contribution in [0.25, 0.3) is 0 Å². The molecule has 23 heavy (non-hydrogen) atoms. The second-order valence-electron chi connectivity index (χ2n) is 5.82. The van der Waals surface area contributed by atoms with Crippen LogP contribution in [0, 0.1) is 0 Å². The van der Waals surface area contributed by atoms with E-state index in [9.17, 15) is 13.6 Å². The van der Waals surface area contributed by atoms with Crippen LogP contribution in [0.4, 0.5) is 8.78 Å². The predicted molar refractivity (Wildman–Crippen MR) is 80.9 cm³/mol. The summed E-state index contributed by atoms with van der Waals surface area (Å²) in [6, 6.07) is 4.92. The van der Waals surface area contributed by atoms with Crippen LogP contribution in [0.2, 0.25) is 0 Å². The molecule has 0 aromatic heterocycles. The average Bonchev–Trinajstić information content (AvgIpc) is 2.78. The van der Waals surface area contributed by atoms with Gasteiger partial charge in [0.15, 0.2) is 11.5 Å². The second kappa shape index (κ2) is 8.13. The Morgan fingerprint density at radius 3 is 2.26 bits per heavy atom. The molecule has 1 heterocycles. The van der Waals surface area contributed by atoms with E-state index < -0.39 is 12.3 Å². The molecule has 0 saturated carbocycles. The maximum Gasteiger partial charge on any atom is 0.586 e. The van der Waals surface area contributed by atoms with Crippen LogP contribution in [-0.2, 0) is 11.2 Å². The lowest BCUT2D eigenvalue weighted by Crippen LogP contribution is -2.25. The van der Waals surface area contributed by atoms with Crippen LogP contribution in [0.1, 0.15) is 56.9 Å². The maximum absolute atomic E-state index is 12.9. The van der Waals surface area contributed by atoms with Gasteiger partial charge in [-0.1, -0.05) is 38.2 Å². The summed E-state index contributed by atoms with van der Waals surface area (Å²) in [5, 5.41) is 8.52. The number of rotatable bonds is 10. The largest absolute Gasteiger partial charge is 0.586 e. The van der Waals surface area contributed by atoms with Crippen molar-refractivity contribution in [3.8, 4) is 11.5 Å². The molecule has 0 fully saturated rings. The van der Waals surface area contributed by atoms with Crippen LogP contribution >= 0.6 is 0 Å². The Morgan fingerprint density at radius 1 is 0.957 bits per heavy atom. The Labute approximate surface area is 134 Å². The molecule has 6 heteroatoms. The zero-order valence-corrected chi connectivity index (χ0v) is 13.0. The Kier molecular flexibility index (Phi) is 6.19. The molecule has 0 atom stereocenters. The first kappa shape index (κ1) is 17.5. The van der Waals surface area contributed by atoms with Gasteiger partial charge in [-0.25, -0.2) is 0 Å². The Hall–Kier alpha value is -1.85. The number of unbranched alkanes of at least 4 members (excludes halogenated alkanes) is 6. The number of carbonyl (C=O) groups is 1. The van der Waals surface area contributed by atoms with Crippen molar-refractivity contribution in [1.29, 1.82) is 0 Å². The van der Waals surface area contributed by atoms with Gasteiger partial charge in [-0.2, -0.15) is 0 Å². The number of ether oxygens (including phenoxy) is 2. The summed E-state index contributed by atoms with van der Waals surface area (Å²) in [5.41, 5.74) is 0.964. The van der Waals surface area contributed by atoms with Crippen molar-refractivity contribution in [2.45, 2.75) is 64.1 Å². The molecule has 4 nitrogen and oxygen atoms in total. The van der Waals surface area contributed by atoms with Crippen molar-refractivity contribution in [2.75, 3.05) is 0 Å². The minimum atomic E-state index is -3.55. The third kappa shape index (κ3) is 6.04. The maximum atomic E-state index is 12.9. The lowest BCUT2D eigenvalue weighted by atomic mass is 10.0. The topological polar surface area (TPSA) is 55.8 Å². The molecule has 0 radical (unpaired) electrons. The zero-order chi connectivity index (χ0) is 16.7. The number of halogens is 2. The fraction of sp³-hybridized carbons (Fsp3) is 0.588. The van der Waals surface area contributed by atoms with E-state index in [1.165, 1.54) is 6.07 Å². The summed E-state index contributed by atoms with van der Waals surface area (Å²) in [4.78, 5) is 10.4. The van der Waals surface area contributed by atoms with E-state index in [2.05, 4.69) is 9.47 Å². The van der Waals surface area contributed by atoms with Crippen LogP contribution < -0.4 is 9.47 Å². The highest BCUT2D eigenvalue weighted by Gasteiger charge is 2.43. The number of aliphatic carboxylic acids is 1. The smallest absolute Gasteiger partial charge is 0.481 e. The number of benzene rings is 1. The Balaban J connectivity index is 1.56. The SMILES string of the molecule is O=C(O)CCCCCCCCCc1ccc2c(c1)OC(F)(F)O2. The van der Waals surface area contributed by atoms with Crippen molar-refractivity contribution >= 4 is 5.97 Å². The number of carboxylic acid groups (broad SMARTS) is 1. The monoisotopic (exact) mass is 328 g/mol. The lowest BCUT2D eigenvalue weighted by Gasteiger charge is -2.04. The first-order valence-electron chi connectivity index (χ1n) is 8.07. The highest BCUT2D eigenvalue weighted by atomic mass is 19.3. The summed E-state index contributed by atoms with van der Waals surface area (Å²) >= 11 is 0. The molecule has 0 aliphatic carbocycles. The average molecular weight is 328 g/mol. The van der Waals surface area contributed by atoms with E-state index in [1.807, 2.05) is 0 Å². The van der Waals surface area contributed by atoms with Gasteiger partial charge in [-0.05, 0) is 37.0 Å². The molecule has 1 aliphatic heterocycles. The van der Waals surface area contributed by atoms with Crippen molar-refractivity contribution in [3.05, 3.63) is 23.8 Å². The number of aryl methyl sites for hydroxylation is 1. The summed E-state index contributed by atoms with van der Waals surface area (Å²) < 4.78 is 34.6. The van der Waals surface area contributed by atoms with Gasteiger partial charge >= 0.3 is 12.3 Å². The Morgan fingerprint density at radius 2 is 1.57 bits per heavy atom. The molecule has 1 N–H and O–H groups in total. The third-order valence-electron chi connectivity index (χ3n) is 3.82. The molecule has 0 bridgehead atoms. The second-order valence-corrected chi connectivity index (χ2v) is 5.82. The first-order valence-corrected chi connectivity index (χ1v) is 8.07. The number of carboxylic acids is 1. The third-order valence-corrected chi connectivity index (χ3v) is 3.82. The highest BCUT2D eigenvalue weighted by molar-refractivity contribution is 5.66. The van der Waals surface area contributed by atoms with Crippen LogP contribution in [0.15, 0.2) is 18.2 Å². The Bertz CT molecular complexity index is 531. The van der Waals surface area contributed by atoms with Crippen LogP contribution in [0.5, 0.6) is 11.5 Å². The number of hydrogen-bond acceptors (Lipinski definition) is 3. The molecule has 1 aliphatic rings. The van der Waals surface area contributed by atoms with Gasteiger partial charge in [0.2, 0.25) is 0 Å². The first-order chi connectivity index (χ1) is 11.0. The van der Waals surface area contributed by atoms with E-state index in [0.717, 1.165) is 56.9 Å². The zero-order valence-electron chi connectivity index (χ0n) is 13.0. The van der Waals surface area contributed by atoms with E-state index >= 15 is 0 Å². The predicted octanol–water partition coefficient (Wildman–Crippen LogP) is 4.76. The molecule has 1 aromatic carbocycles. The van der Waals surface area contributed by atoms with Gasteiger partial charge in [-0.3, -0.25) is 4.79 Å². The number of fused-ring (bicyclic) bond motifs is 1. The molecular weight excluding hydrogens is 306 g/mol. The van der Waals surface area contributed by atoms with E-state index in [-0.39, 0.29) is 17.9 Å². The van der Waals surface area contributed by atoms with E-state index in [0.29, 0.717) is 0 Å². The molecule has 0 unspecified atom stereocenters. The molecule has 0 spiro atoms. The summed E-state index contributed by atoms with van der Waals surface area (Å²) in [5.74, 6) is -0.544. The summed E-state index contributed by atoms with van der Waals surface area (Å²) in [7, 11) is 0. The van der Waals surface area contributed by atoms with Gasteiger partial charge < -0.3 is 14.6 Å². The van der Waals surface area contributed by atoms with Gasteiger partial charge in [-0.15, -0.1) is 8.78 Å². The number of hydrogen-bond donors (Lipinski definition) is 1.